The number of carbonyl (C=O) groups is 1. The maximum absolute atomic E-state index is 11.7. The third kappa shape index (κ3) is 5.28. The molecule has 0 aromatic heterocycles. The van der Waals surface area contributed by atoms with Gasteiger partial charge in [-0.15, -0.1) is 0 Å². The van der Waals surface area contributed by atoms with Crippen LogP contribution >= 0.6 is 15.9 Å². The summed E-state index contributed by atoms with van der Waals surface area (Å²) in [5, 5.41) is 24.0. The number of nitrogens with zero attached hydrogens (tertiary/aromatic N) is 2. The molecular formula is C16H14BrN3O5. The number of ether oxygens (including phenoxy) is 1. The quantitative estimate of drug-likeness (QED) is 0.434. The molecule has 0 aliphatic carbocycles. The van der Waals surface area contributed by atoms with Gasteiger partial charge in [0.15, 0.2) is 6.61 Å². The molecule has 0 heterocycles. The van der Waals surface area contributed by atoms with E-state index in [2.05, 4.69) is 26.5 Å². The van der Waals surface area contributed by atoms with Crippen molar-refractivity contribution >= 4 is 33.7 Å². The van der Waals surface area contributed by atoms with Crippen LogP contribution < -0.4 is 10.2 Å². The number of halogens is 1. The Morgan fingerprint density at radius 1 is 1.40 bits per heavy atom. The Morgan fingerprint density at radius 2 is 2.16 bits per heavy atom. The van der Waals surface area contributed by atoms with Gasteiger partial charge in [-0.05, 0) is 36.8 Å². The van der Waals surface area contributed by atoms with E-state index < -0.39 is 10.8 Å². The lowest BCUT2D eigenvalue weighted by atomic mass is 10.2. The third-order valence-corrected chi connectivity index (χ3v) is 3.60. The van der Waals surface area contributed by atoms with E-state index in [-0.39, 0.29) is 23.6 Å². The Balaban J connectivity index is 1.92. The summed E-state index contributed by atoms with van der Waals surface area (Å²) in [4.78, 5) is 21.8. The molecule has 1 amide bonds. The number of carbonyl (C=O) groups excluding carboxylic acids is 1. The van der Waals surface area contributed by atoms with Gasteiger partial charge in [0.2, 0.25) is 0 Å². The van der Waals surface area contributed by atoms with Crippen molar-refractivity contribution in [2.24, 2.45) is 5.10 Å². The first-order chi connectivity index (χ1) is 11.9. The van der Waals surface area contributed by atoms with Gasteiger partial charge in [0.25, 0.3) is 11.6 Å². The summed E-state index contributed by atoms with van der Waals surface area (Å²) in [6.07, 6.45) is 1.12. The monoisotopic (exact) mass is 407 g/mol. The fourth-order valence-corrected chi connectivity index (χ4v) is 2.36. The van der Waals surface area contributed by atoms with Crippen molar-refractivity contribution in [2.75, 3.05) is 6.61 Å². The van der Waals surface area contributed by atoms with Gasteiger partial charge in [-0.2, -0.15) is 5.10 Å². The van der Waals surface area contributed by atoms with Crippen LogP contribution in [0, 0.1) is 17.0 Å². The molecule has 2 N–H and O–H groups in total. The van der Waals surface area contributed by atoms with Crippen LogP contribution in [0.1, 0.15) is 11.1 Å². The van der Waals surface area contributed by atoms with Gasteiger partial charge in [0.1, 0.15) is 11.5 Å². The highest BCUT2D eigenvalue weighted by Gasteiger charge is 2.09. The van der Waals surface area contributed by atoms with Gasteiger partial charge in [0, 0.05) is 22.2 Å². The molecule has 0 spiro atoms. The number of phenolic OH excluding ortho intramolecular Hbond substituents is 1. The Kier molecular flexibility index (Phi) is 6.07. The van der Waals surface area contributed by atoms with Crippen LogP contribution in [0.4, 0.5) is 5.69 Å². The van der Waals surface area contributed by atoms with Crippen LogP contribution in [-0.2, 0) is 4.79 Å². The fourth-order valence-electron chi connectivity index (χ4n) is 1.88. The molecule has 0 fully saturated rings. The summed E-state index contributed by atoms with van der Waals surface area (Å²) in [6.45, 7) is 1.60. The van der Waals surface area contributed by atoms with Crippen LogP contribution in [0.15, 0.2) is 46.0 Å². The first-order valence-corrected chi connectivity index (χ1v) is 7.84. The van der Waals surface area contributed by atoms with Gasteiger partial charge >= 0.3 is 0 Å². The number of nitro groups is 1. The summed E-state index contributed by atoms with van der Waals surface area (Å²) >= 11 is 3.34. The second kappa shape index (κ2) is 8.25. The molecule has 2 aromatic rings. The number of benzene rings is 2. The third-order valence-electron chi connectivity index (χ3n) is 3.11. The van der Waals surface area contributed by atoms with Gasteiger partial charge in [-0.25, -0.2) is 5.43 Å². The molecule has 9 heteroatoms. The predicted molar refractivity (Wildman–Crippen MR) is 94.9 cm³/mol. The largest absolute Gasteiger partial charge is 0.507 e. The van der Waals surface area contributed by atoms with Crippen LogP contribution in [0.25, 0.3) is 0 Å². The molecule has 0 bridgehead atoms. The Hall–Kier alpha value is -2.94. The predicted octanol–water partition coefficient (Wildman–Crippen LogP) is 2.90. The Bertz CT molecular complexity index is 839. The minimum absolute atomic E-state index is 0.110. The molecule has 2 rings (SSSR count). The van der Waals surface area contributed by atoms with E-state index in [1.807, 2.05) is 13.0 Å². The van der Waals surface area contributed by atoms with Crippen LogP contribution in [0.2, 0.25) is 0 Å². The van der Waals surface area contributed by atoms with Crippen LogP contribution in [0.5, 0.6) is 11.5 Å². The maximum Gasteiger partial charge on any atom is 0.277 e. The summed E-state index contributed by atoms with van der Waals surface area (Å²) in [7, 11) is 0. The highest BCUT2D eigenvalue weighted by Crippen LogP contribution is 2.22. The van der Waals surface area contributed by atoms with E-state index in [0.29, 0.717) is 5.75 Å². The number of nitro benzene ring substituents is 1. The number of hydrogen-bond donors (Lipinski definition) is 2. The smallest absolute Gasteiger partial charge is 0.277 e. The molecule has 0 unspecified atom stereocenters. The molecular weight excluding hydrogens is 394 g/mol. The van der Waals surface area contributed by atoms with Crippen LogP contribution in [-0.4, -0.2) is 28.8 Å². The first kappa shape index (κ1) is 18.4. The summed E-state index contributed by atoms with van der Waals surface area (Å²) < 4.78 is 6.29. The second-order valence-corrected chi connectivity index (χ2v) is 5.91. The average Bonchev–Trinajstić information content (AvgIpc) is 2.55. The number of aromatic hydroxyl groups is 1. The van der Waals surface area contributed by atoms with E-state index in [9.17, 15) is 20.0 Å². The Labute approximate surface area is 151 Å². The SMILES string of the molecule is Cc1cc(Br)ccc1OCC(=O)NN=Cc1cc([N+](=O)[O-])ccc1O. The molecule has 130 valence electrons. The zero-order valence-electron chi connectivity index (χ0n) is 13.1. The number of nitrogens with one attached hydrogen (secondary N) is 1. The van der Waals surface area contributed by atoms with Crippen molar-refractivity contribution in [3.63, 3.8) is 0 Å². The minimum Gasteiger partial charge on any atom is -0.507 e. The highest BCUT2D eigenvalue weighted by molar-refractivity contribution is 9.10. The normalized spacial score (nSPS) is 10.6. The standard InChI is InChI=1S/C16H14BrN3O5/c1-10-6-12(17)2-5-15(10)25-9-16(22)19-18-8-11-7-13(20(23)24)3-4-14(11)21/h2-8,21H,9H2,1H3,(H,19,22). The number of amides is 1. The molecule has 0 atom stereocenters. The summed E-state index contributed by atoms with van der Waals surface area (Å²) in [6, 6.07) is 8.88. The van der Waals surface area contributed by atoms with E-state index >= 15 is 0 Å². The maximum atomic E-state index is 11.7. The van der Waals surface area contributed by atoms with Crippen molar-refractivity contribution in [3.05, 3.63) is 62.1 Å². The van der Waals surface area contributed by atoms with Crippen molar-refractivity contribution in [3.8, 4) is 11.5 Å². The van der Waals surface area contributed by atoms with Gasteiger partial charge in [0.05, 0.1) is 11.1 Å². The van der Waals surface area contributed by atoms with Gasteiger partial charge in [-0.1, -0.05) is 15.9 Å². The number of rotatable bonds is 6. The zero-order valence-corrected chi connectivity index (χ0v) is 14.7. The van der Waals surface area contributed by atoms with E-state index in [4.69, 9.17) is 4.74 Å². The summed E-state index contributed by atoms with van der Waals surface area (Å²) in [5.41, 5.74) is 3.01. The lowest BCUT2D eigenvalue weighted by Crippen LogP contribution is -2.24. The number of hydrazone groups is 1. The average molecular weight is 408 g/mol. The molecule has 0 aliphatic heterocycles. The number of aryl methyl sites for hydroxylation is 1. The van der Waals surface area contributed by atoms with E-state index in [1.54, 1.807) is 12.1 Å². The summed E-state index contributed by atoms with van der Waals surface area (Å²) in [5.74, 6) is -0.132. The molecule has 0 saturated carbocycles. The molecule has 25 heavy (non-hydrogen) atoms. The van der Waals surface area contributed by atoms with E-state index in [0.717, 1.165) is 22.3 Å². The lowest BCUT2D eigenvalue weighted by Gasteiger charge is -2.08. The van der Waals surface area contributed by atoms with Crippen molar-refractivity contribution < 1.29 is 19.6 Å². The zero-order chi connectivity index (χ0) is 18.4. The van der Waals surface area contributed by atoms with Gasteiger partial charge < -0.3 is 9.84 Å². The highest BCUT2D eigenvalue weighted by atomic mass is 79.9. The number of hydrogen-bond acceptors (Lipinski definition) is 6. The van der Waals surface area contributed by atoms with Crippen molar-refractivity contribution in [1.82, 2.24) is 5.43 Å². The number of non-ortho nitro benzene ring substituents is 1. The number of phenols is 1. The topological polar surface area (TPSA) is 114 Å². The fraction of sp³-hybridized carbons (Fsp3) is 0.125. The van der Waals surface area contributed by atoms with Crippen LogP contribution in [0.3, 0.4) is 0 Å². The van der Waals surface area contributed by atoms with Gasteiger partial charge in [-0.3, -0.25) is 14.9 Å². The van der Waals surface area contributed by atoms with E-state index in [1.165, 1.54) is 12.1 Å². The molecule has 2 aromatic carbocycles. The first-order valence-electron chi connectivity index (χ1n) is 7.05. The Morgan fingerprint density at radius 3 is 2.84 bits per heavy atom. The molecule has 8 nitrogen and oxygen atoms in total. The molecule has 0 aliphatic rings. The molecule has 0 saturated heterocycles. The lowest BCUT2D eigenvalue weighted by molar-refractivity contribution is -0.384. The second-order valence-electron chi connectivity index (χ2n) is 4.99. The minimum atomic E-state index is -0.594. The molecule has 0 radical (unpaired) electrons. The van der Waals surface area contributed by atoms with Crippen molar-refractivity contribution in [2.45, 2.75) is 6.92 Å². The van der Waals surface area contributed by atoms with Crippen molar-refractivity contribution in [1.29, 1.82) is 0 Å².